The smallest absolute Gasteiger partial charge is 0.312 e. The molecule has 2 fully saturated rings. The maximum Gasteiger partial charge on any atom is 0.312 e. The van der Waals surface area contributed by atoms with Gasteiger partial charge in [0.2, 0.25) is 5.91 Å². The third kappa shape index (κ3) is 3.94. The lowest BCUT2D eigenvalue weighted by atomic mass is 9.99. The van der Waals surface area contributed by atoms with Crippen LogP contribution in [0.1, 0.15) is 35.7 Å². The minimum absolute atomic E-state index is 0.0690. The molecular formula is C21H22N2O4S. The Hall–Kier alpha value is -2.67. The molecule has 146 valence electrons. The molecule has 4 rings (SSSR count). The van der Waals surface area contributed by atoms with Gasteiger partial charge in [0.15, 0.2) is 6.61 Å². The fourth-order valence-corrected chi connectivity index (χ4v) is 4.36. The minimum atomic E-state index is -0.638. The van der Waals surface area contributed by atoms with E-state index in [1.807, 2.05) is 48.7 Å². The van der Waals surface area contributed by atoms with Gasteiger partial charge in [0, 0.05) is 23.0 Å². The molecule has 1 aliphatic carbocycles. The molecule has 1 aromatic heterocycles. The second-order valence-electron chi connectivity index (χ2n) is 7.32. The van der Waals surface area contributed by atoms with Gasteiger partial charge in [0.05, 0.1) is 12.0 Å². The van der Waals surface area contributed by atoms with Crippen molar-refractivity contribution in [3.63, 3.8) is 0 Å². The van der Waals surface area contributed by atoms with Crippen LogP contribution < -0.4 is 10.2 Å². The first kappa shape index (κ1) is 18.7. The Kier molecular flexibility index (Phi) is 5.17. The number of aryl methyl sites for hydroxylation is 1. The highest BCUT2D eigenvalue weighted by Crippen LogP contribution is 2.43. The summed E-state index contributed by atoms with van der Waals surface area (Å²) < 4.78 is 5.27. The Morgan fingerprint density at radius 1 is 1.21 bits per heavy atom. The zero-order valence-corrected chi connectivity index (χ0v) is 16.4. The molecule has 0 radical (unpaired) electrons. The highest BCUT2D eigenvalue weighted by Gasteiger charge is 2.46. The lowest BCUT2D eigenvalue weighted by Gasteiger charge is -2.27. The maximum absolute atomic E-state index is 12.8. The van der Waals surface area contributed by atoms with Crippen LogP contribution >= 0.6 is 11.3 Å². The maximum atomic E-state index is 12.8. The molecule has 1 aliphatic heterocycles. The number of benzene rings is 1. The quantitative estimate of drug-likeness (QED) is 0.759. The van der Waals surface area contributed by atoms with E-state index in [2.05, 4.69) is 5.32 Å². The van der Waals surface area contributed by atoms with Crippen LogP contribution in [0.25, 0.3) is 0 Å². The van der Waals surface area contributed by atoms with Gasteiger partial charge in [-0.1, -0.05) is 23.8 Å². The molecule has 6 nitrogen and oxygen atoms in total. The zero-order valence-electron chi connectivity index (χ0n) is 15.6. The molecule has 0 spiro atoms. The van der Waals surface area contributed by atoms with E-state index in [4.69, 9.17) is 4.74 Å². The molecule has 0 bridgehead atoms. The molecule has 0 unspecified atom stereocenters. The van der Waals surface area contributed by atoms with E-state index < -0.39 is 17.9 Å². The highest BCUT2D eigenvalue weighted by atomic mass is 32.1. The molecule has 2 amide bonds. The summed E-state index contributed by atoms with van der Waals surface area (Å²) in [6.07, 6.45) is 2.02. The van der Waals surface area contributed by atoms with Gasteiger partial charge >= 0.3 is 5.97 Å². The molecule has 7 heteroatoms. The molecular weight excluding hydrogens is 376 g/mol. The molecule has 1 saturated heterocycles. The van der Waals surface area contributed by atoms with Crippen molar-refractivity contribution < 1.29 is 19.1 Å². The van der Waals surface area contributed by atoms with Crippen LogP contribution in [-0.2, 0) is 19.1 Å². The van der Waals surface area contributed by atoms with Gasteiger partial charge in [-0.05, 0) is 43.3 Å². The van der Waals surface area contributed by atoms with Crippen molar-refractivity contribution in [2.24, 2.45) is 5.92 Å². The average Bonchev–Trinajstić information content (AvgIpc) is 3.19. The number of nitrogens with one attached hydrogen (secondary N) is 1. The number of hydrogen-bond acceptors (Lipinski definition) is 5. The number of thiophene rings is 1. The van der Waals surface area contributed by atoms with E-state index in [-0.39, 0.29) is 30.9 Å². The fraction of sp³-hybridized carbons (Fsp3) is 0.381. The number of rotatable bonds is 6. The summed E-state index contributed by atoms with van der Waals surface area (Å²) in [4.78, 5) is 40.0. The van der Waals surface area contributed by atoms with E-state index >= 15 is 0 Å². The molecule has 2 atom stereocenters. The normalized spacial score (nSPS) is 21.6. The highest BCUT2D eigenvalue weighted by molar-refractivity contribution is 7.10. The number of esters is 1. The average molecular weight is 398 g/mol. The molecule has 2 heterocycles. The topological polar surface area (TPSA) is 75.7 Å². The minimum Gasteiger partial charge on any atom is -0.455 e. The number of anilines is 1. The van der Waals surface area contributed by atoms with Crippen molar-refractivity contribution in [2.45, 2.75) is 38.3 Å². The van der Waals surface area contributed by atoms with Gasteiger partial charge in [-0.15, -0.1) is 11.3 Å². The molecule has 2 aliphatic rings. The van der Waals surface area contributed by atoms with Crippen molar-refractivity contribution in [1.29, 1.82) is 0 Å². The van der Waals surface area contributed by atoms with Crippen molar-refractivity contribution in [1.82, 2.24) is 5.32 Å². The van der Waals surface area contributed by atoms with Crippen molar-refractivity contribution in [3.05, 3.63) is 52.2 Å². The van der Waals surface area contributed by atoms with Gasteiger partial charge in [0.1, 0.15) is 0 Å². The monoisotopic (exact) mass is 398 g/mol. The first-order valence-electron chi connectivity index (χ1n) is 9.41. The van der Waals surface area contributed by atoms with Crippen LogP contribution in [-0.4, -0.2) is 30.4 Å². The van der Waals surface area contributed by atoms with E-state index in [1.54, 1.807) is 4.90 Å². The van der Waals surface area contributed by atoms with Gasteiger partial charge in [-0.25, -0.2) is 0 Å². The first-order chi connectivity index (χ1) is 13.5. The Bertz CT molecular complexity index is 874. The summed E-state index contributed by atoms with van der Waals surface area (Å²) in [5, 5.41) is 4.72. The number of carbonyl (C=O) groups is 3. The summed E-state index contributed by atoms with van der Waals surface area (Å²) in [7, 11) is 0. The van der Waals surface area contributed by atoms with Crippen molar-refractivity contribution in [2.75, 3.05) is 11.5 Å². The SMILES string of the molecule is Cc1ccc(N2C(=O)C[C@@H](C(=O)OCC(=O)NC3CC3)[C@H]2c2cccs2)cc1. The first-order valence-corrected chi connectivity index (χ1v) is 10.3. The van der Waals surface area contributed by atoms with Crippen LogP contribution in [0.2, 0.25) is 0 Å². The number of nitrogens with zero attached hydrogens (tertiary/aromatic N) is 1. The van der Waals surface area contributed by atoms with E-state index in [0.717, 1.165) is 29.0 Å². The van der Waals surface area contributed by atoms with Crippen molar-refractivity contribution >= 4 is 34.8 Å². The molecule has 1 N–H and O–H groups in total. The molecule has 1 saturated carbocycles. The number of hydrogen-bond donors (Lipinski definition) is 1. The van der Waals surface area contributed by atoms with Gasteiger partial charge in [0.25, 0.3) is 5.91 Å². The predicted molar refractivity (Wildman–Crippen MR) is 106 cm³/mol. The van der Waals surface area contributed by atoms with Gasteiger partial charge < -0.3 is 15.0 Å². The summed E-state index contributed by atoms with van der Waals surface area (Å²) >= 11 is 1.51. The summed E-state index contributed by atoms with van der Waals surface area (Å²) in [6.45, 7) is 1.68. The van der Waals surface area contributed by atoms with Crippen LogP contribution in [0.15, 0.2) is 41.8 Å². The van der Waals surface area contributed by atoms with E-state index in [0.29, 0.717) is 0 Å². The van der Waals surface area contributed by atoms with Gasteiger partial charge in [-0.2, -0.15) is 0 Å². The summed E-state index contributed by atoms with van der Waals surface area (Å²) in [5.74, 6) is -1.55. The Morgan fingerprint density at radius 2 is 1.96 bits per heavy atom. The zero-order chi connectivity index (χ0) is 19.7. The van der Waals surface area contributed by atoms with Gasteiger partial charge in [-0.3, -0.25) is 14.4 Å². The Morgan fingerprint density at radius 3 is 2.61 bits per heavy atom. The summed E-state index contributed by atoms with van der Waals surface area (Å²) in [5.41, 5.74) is 1.86. The Labute approximate surface area is 167 Å². The van der Waals surface area contributed by atoms with Crippen LogP contribution in [0.3, 0.4) is 0 Å². The standard InChI is InChI=1S/C21H22N2O4S/c1-13-4-8-15(9-5-13)23-19(25)11-16(20(23)17-3-2-10-28-17)21(26)27-12-18(24)22-14-6-7-14/h2-5,8-10,14,16,20H,6-7,11-12H2,1H3,(H,22,24)/t16-,20+/m1/s1. The van der Waals surface area contributed by atoms with E-state index in [1.165, 1.54) is 11.3 Å². The summed E-state index contributed by atoms with van der Waals surface area (Å²) in [6, 6.07) is 11.3. The number of carbonyl (C=O) groups excluding carboxylic acids is 3. The number of amides is 2. The third-order valence-corrected chi connectivity index (χ3v) is 6.00. The van der Waals surface area contributed by atoms with Crippen LogP contribution in [0, 0.1) is 12.8 Å². The Balaban J connectivity index is 1.54. The second kappa shape index (κ2) is 7.75. The van der Waals surface area contributed by atoms with Crippen LogP contribution in [0.5, 0.6) is 0 Å². The number of ether oxygens (including phenoxy) is 1. The third-order valence-electron chi connectivity index (χ3n) is 5.06. The molecule has 2 aromatic rings. The second-order valence-corrected chi connectivity index (χ2v) is 8.30. The predicted octanol–water partition coefficient (Wildman–Crippen LogP) is 2.97. The lowest BCUT2D eigenvalue weighted by Crippen LogP contribution is -2.33. The van der Waals surface area contributed by atoms with Crippen LogP contribution in [0.4, 0.5) is 5.69 Å². The van der Waals surface area contributed by atoms with Crippen molar-refractivity contribution in [3.8, 4) is 0 Å². The molecule has 28 heavy (non-hydrogen) atoms. The van der Waals surface area contributed by atoms with E-state index in [9.17, 15) is 14.4 Å². The largest absolute Gasteiger partial charge is 0.455 e. The molecule has 1 aromatic carbocycles. The lowest BCUT2D eigenvalue weighted by molar-refractivity contribution is -0.153. The fourth-order valence-electron chi connectivity index (χ4n) is 3.48.